The van der Waals surface area contributed by atoms with E-state index in [2.05, 4.69) is 0 Å². The molecule has 0 fully saturated rings. The number of non-ortho nitro benzene ring substituents is 1. The molecule has 7 heteroatoms. The molecule has 132 valence electrons. The lowest BCUT2D eigenvalue weighted by atomic mass is 10.0. The molecule has 0 aliphatic carbocycles. The molecule has 2 rings (SSSR count). The molecule has 1 atom stereocenters. The molecule has 0 aliphatic rings. The van der Waals surface area contributed by atoms with Crippen LogP contribution in [-0.2, 0) is 11.3 Å². The highest BCUT2D eigenvalue weighted by atomic mass is 32.2. The molecule has 0 amide bonds. The van der Waals surface area contributed by atoms with Gasteiger partial charge in [0.2, 0.25) is 0 Å². The molecule has 0 bridgehead atoms. The van der Waals surface area contributed by atoms with Crippen LogP contribution in [0.4, 0.5) is 5.69 Å². The van der Waals surface area contributed by atoms with Crippen molar-refractivity contribution in [2.45, 2.75) is 31.3 Å². The topological polar surface area (TPSA) is 83.7 Å². The van der Waals surface area contributed by atoms with Crippen LogP contribution in [0, 0.1) is 16.0 Å². The van der Waals surface area contributed by atoms with Gasteiger partial charge in [0.1, 0.15) is 6.04 Å². The lowest BCUT2D eigenvalue weighted by Gasteiger charge is -2.30. The third kappa shape index (κ3) is 5.30. The van der Waals surface area contributed by atoms with Gasteiger partial charge in [0.05, 0.1) is 4.92 Å². The zero-order chi connectivity index (χ0) is 18.4. The number of carbonyl (C=O) groups is 1. The summed E-state index contributed by atoms with van der Waals surface area (Å²) in [6.07, 6.45) is 0. The summed E-state index contributed by atoms with van der Waals surface area (Å²) in [7, 11) is 0. The van der Waals surface area contributed by atoms with Crippen LogP contribution in [0.3, 0.4) is 0 Å². The summed E-state index contributed by atoms with van der Waals surface area (Å²) in [6, 6.07) is 15.1. The number of rotatable bonds is 8. The zero-order valence-electron chi connectivity index (χ0n) is 14.0. The summed E-state index contributed by atoms with van der Waals surface area (Å²) in [4.78, 5) is 22.8. The van der Waals surface area contributed by atoms with Gasteiger partial charge in [0.25, 0.3) is 5.69 Å². The molecule has 25 heavy (non-hydrogen) atoms. The maximum Gasteiger partial charge on any atom is 0.322 e. The van der Waals surface area contributed by atoms with Crippen LogP contribution >= 0.6 is 11.9 Å². The van der Waals surface area contributed by atoms with Gasteiger partial charge < -0.3 is 5.11 Å². The van der Waals surface area contributed by atoms with Gasteiger partial charge >= 0.3 is 5.97 Å². The molecule has 2 aromatic rings. The second-order valence-corrected chi connectivity index (χ2v) is 7.05. The van der Waals surface area contributed by atoms with E-state index < -0.39 is 16.9 Å². The molecule has 0 unspecified atom stereocenters. The Balaban J connectivity index is 2.26. The first-order chi connectivity index (χ1) is 11.9. The zero-order valence-corrected chi connectivity index (χ0v) is 14.8. The van der Waals surface area contributed by atoms with Crippen LogP contribution in [0.25, 0.3) is 0 Å². The van der Waals surface area contributed by atoms with Gasteiger partial charge in [0.15, 0.2) is 0 Å². The average Bonchev–Trinajstić information content (AvgIpc) is 2.55. The minimum absolute atomic E-state index is 0.0117. The number of benzene rings is 2. The summed E-state index contributed by atoms with van der Waals surface area (Å²) in [5.41, 5.74) is 1.02. The highest BCUT2D eigenvalue weighted by Crippen LogP contribution is 2.31. The third-order valence-corrected chi connectivity index (χ3v) is 4.72. The van der Waals surface area contributed by atoms with E-state index in [1.165, 1.54) is 24.1 Å². The van der Waals surface area contributed by atoms with Crippen molar-refractivity contribution in [1.82, 2.24) is 4.31 Å². The van der Waals surface area contributed by atoms with Gasteiger partial charge in [-0.3, -0.25) is 14.9 Å². The lowest BCUT2D eigenvalue weighted by molar-refractivity contribution is -0.384. The largest absolute Gasteiger partial charge is 0.480 e. The van der Waals surface area contributed by atoms with Gasteiger partial charge in [-0.1, -0.05) is 44.2 Å². The first-order valence-electron chi connectivity index (χ1n) is 7.84. The number of carboxylic acids is 1. The molecular weight excluding hydrogens is 340 g/mol. The average molecular weight is 360 g/mol. The Labute approximate surface area is 150 Å². The normalized spacial score (nSPS) is 12.3. The van der Waals surface area contributed by atoms with Crippen molar-refractivity contribution >= 4 is 23.6 Å². The van der Waals surface area contributed by atoms with Crippen LogP contribution < -0.4 is 0 Å². The van der Waals surface area contributed by atoms with Crippen molar-refractivity contribution in [3.63, 3.8) is 0 Å². The summed E-state index contributed by atoms with van der Waals surface area (Å²) in [6.45, 7) is 4.19. The standard InChI is InChI=1S/C18H20N2O4S/c1-13(2)17(18(21)22)19(12-14-6-4-3-5-7-14)25-16-10-8-15(9-11-16)20(23)24/h3-11,13,17H,12H2,1-2H3,(H,21,22)/t17-/m0/s1. The Morgan fingerprint density at radius 1 is 1.16 bits per heavy atom. The van der Waals surface area contributed by atoms with Crippen LogP contribution in [-0.4, -0.2) is 26.3 Å². The Hall–Kier alpha value is -2.38. The number of nitro groups is 1. The number of nitro benzene ring substituents is 1. The predicted octanol–water partition coefficient (Wildman–Crippen LogP) is 4.21. The smallest absolute Gasteiger partial charge is 0.322 e. The van der Waals surface area contributed by atoms with Crippen molar-refractivity contribution in [2.75, 3.05) is 0 Å². The molecule has 0 aliphatic heterocycles. The van der Waals surface area contributed by atoms with Crippen molar-refractivity contribution in [3.05, 3.63) is 70.3 Å². The van der Waals surface area contributed by atoms with Crippen LogP contribution in [0.1, 0.15) is 19.4 Å². The highest BCUT2D eigenvalue weighted by molar-refractivity contribution is 7.97. The molecule has 0 aromatic heterocycles. The van der Waals surface area contributed by atoms with E-state index in [0.29, 0.717) is 6.54 Å². The monoisotopic (exact) mass is 360 g/mol. The lowest BCUT2D eigenvalue weighted by Crippen LogP contribution is -2.40. The fraction of sp³-hybridized carbons (Fsp3) is 0.278. The minimum atomic E-state index is -0.889. The van der Waals surface area contributed by atoms with E-state index in [4.69, 9.17) is 0 Å². The molecule has 2 aromatic carbocycles. The quantitative estimate of drug-likeness (QED) is 0.431. The van der Waals surface area contributed by atoms with Gasteiger partial charge in [0, 0.05) is 23.6 Å². The number of aliphatic carboxylic acids is 1. The van der Waals surface area contributed by atoms with Gasteiger partial charge in [-0.15, -0.1) is 0 Å². The van der Waals surface area contributed by atoms with Crippen LogP contribution in [0.15, 0.2) is 59.5 Å². The molecule has 0 heterocycles. The third-order valence-electron chi connectivity index (χ3n) is 3.65. The summed E-state index contributed by atoms with van der Waals surface area (Å²) in [5.74, 6) is -0.980. The molecular formula is C18H20N2O4S. The fourth-order valence-electron chi connectivity index (χ4n) is 2.46. The molecule has 0 saturated heterocycles. The summed E-state index contributed by atoms with van der Waals surface area (Å²) in [5, 5.41) is 20.4. The fourth-order valence-corrected chi connectivity index (χ4v) is 3.65. The van der Waals surface area contributed by atoms with E-state index in [1.54, 1.807) is 12.1 Å². The molecule has 0 saturated carbocycles. The van der Waals surface area contributed by atoms with E-state index in [1.807, 2.05) is 48.5 Å². The molecule has 0 spiro atoms. The second kappa shape index (κ2) is 8.64. The van der Waals surface area contributed by atoms with Crippen molar-refractivity contribution in [2.24, 2.45) is 5.92 Å². The highest BCUT2D eigenvalue weighted by Gasteiger charge is 2.30. The van der Waals surface area contributed by atoms with Crippen LogP contribution in [0.5, 0.6) is 0 Å². The Morgan fingerprint density at radius 3 is 2.24 bits per heavy atom. The van der Waals surface area contributed by atoms with Crippen molar-refractivity contribution in [3.8, 4) is 0 Å². The second-order valence-electron chi connectivity index (χ2n) is 5.93. The minimum Gasteiger partial charge on any atom is -0.480 e. The first kappa shape index (κ1) is 19.0. The summed E-state index contributed by atoms with van der Waals surface area (Å²) < 4.78 is 1.81. The Kier molecular flexibility index (Phi) is 6.55. The number of carboxylic acid groups (broad SMARTS) is 1. The number of hydrogen-bond donors (Lipinski definition) is 1. The molecule has 0 radical (unpaired) electrons. The van der Waals surface area contributed by atoms with Crippen molar-refractivity contribution in [1.29, 1.82) is 0 Å². The van der Waals surface area contributed by atoms with Crippen LogP contribution in [0.2, 0.25) is 0 Å². The van der Waals surface area contributed by atoms with Gasteiger partial charge in [-0.25, -0.2) is 4.31 Å². The number of hydrogen-bond acceptors (Lipinski definition) is 5. The summed E-state index contributed by atoms with van der Waals surface area (Å²) >= 11 is 1.30. The van der Waals surface area contributed by atoms with Gasteiger partial charge in [-0.2, -0.15) is 0 Å². The predicted molar refractivity (Wildman–Crippen MR) is 97.2 cm³/mol. The SMILES string of the molecule is CC(C)[C@@H](C(=O)O)N(Cc1ccccc1)Sc1ccc([N+](=O)[O-])cc1. The maximum atomic E-state index is 11.8. The van der Waals surface area contributed by atoms with Crippen molar-refractivity contribution < 1.29 is 14.8 Å². The molecule has 1 N–H and O–H groups in total. The van der Waals surface area contributed by atoms with E-state index >= 15 is 0 Å². The Bertz CT molecular complexity index is 720. The van der Waals surface area contributed by atoms with E-state index in [9.17, 15) is 20.0 Å². The van der Waals surface area contributed by atoms with E-state index in [-0.39, 0.29) is 11.6 Å². The maximum absolute atomic E-state index is 11.8. The first-order valence-corrected chi connectivity index (χ1v) is 8.61. The molecule has 6 nitrogen and oxygen atoms in total. The van der Waals surface area contributed by atoms with E-state index in [0.717, 1.165) is 10.5 Å². The Morgan fingerprint density at radius 2 is 1.76 bits per heavy atom. The number of nitrogens with zero attached hydrogens (tertiary/aromatic N) is 2. The van der Waals surface area contributed by atoms with Gasteiger partial charge in [-0.05, 0) is 35.6 Å².